The molecule has 0 amide bonds. The largest absolute Gasteiger partial charge is 0.486 e. The molecule has 1 aromatic heterocycles. The summed E-state index contributed by atoms with van der Waals surface area (Å²) in [4.78, 5) is 6.97. The van der Waals surface area contributed by atoms with Crippen LogP contribution in [0.4, 0.5) is 0 Å². The molecule has 0 radical (unpaired) electrons. The van der Waals surface area contributed by atoms with E-state index in [9.17, 15) is 0 Å². The number of benzene rings is 2. The molecule has 2 aliphatic rings. The molecule has 0 bridgehead atoms. The molecule has 3 aromatic rings. The fourth-order valence-electron chi connectivity index (χ4n) is 4.01. The molecule has 0 saturated carbocycles. The van der Waals surface area contributed by atoms with E-state index in [-0.39, 0.29) is 0 Å². The van der Waals surface area contributed by atoms with E-state index in [0.717, 1.165) is 29.6 Å². The van der Waals surface area contributed by atoms with Crippen LogP contribution in [-0.4, -0.2) is 29.6 Å². The molecule has 27 heavy (non-hydrogen) atoms. The lowest BCUT2D eigenvalue weighted by Crippen LogP contribution is -2.23. The molecule has 0 N–H and O–H groups in total. The van der Waals surface area contributed by atoms with Gasteiger partial charge in [-0.2, -0.15) is 0 Å². The first-order valence-corrected chi connectivity index (χ1v) is 10.4. The van der Waals surface area contributed by atoms with Crippen LogP contribution in [0, 0.1) is 0 Å². The number of hydrogen-bond acceptors (Lipinski definition) is 5. The van der Waals surface area contributed by atoms with Crippen LogP contribution in [0.3, 0.4) is 0 Å². The Bertz CT molecular complexity index is 909. The predicted molar refractivity (Wildman–Crippen MR) is 107 cm³/mol. The first kappa shape index (κ1) is 16.8. The minimum atomic E-state index is 0.444. The van der Waals surface area contributed by atoms with Crippen molar-refractivity contribution >= 4 is 11.3 Å². The molecule has 1 atom stereocenters. The molecular weight excluding hydrogens is 356 g/mol. The van der Waals surface area contributed by atoms with E-state index in [0.29, 0.717) is 19.3 Å². The smallest absolute Gasteiger partial charge is 0.161 e. The highest BCUT2D eigenvalue weighted by Crippen LogP contribution is 2.38. The minimum absolute atomic E-state index is 0.444. The second-order valence-electron chi connectivity index (χ2n) is 7.07. The highest BCUT2D eigenvalue weighted by Gasteiger charge is 2.27. The number of hydrogen-bond donors (Lipinski definition) is 0. The molecule has 5 rings (SSSR count). The van der Waals surface area contributed by atoms with Crippen LogP contribution in [0.25, 0.3) is 10.6 Å². The van der Waals surface area contributed by atoms with E-state index in [1.54, 1.807) is 11.3 Å². The Morgan fingerprint density at radius 1 is 1.04 bits per heavy atom. The third-order valence-corrected chi connectivity index (χ3v) is 6.16. The van der Waals surface area contributed by atoms with Crippen LogP contribution < -0.4 is 9.47 Å². The van der Waals surface area contributed by atoms with E-state index in [4.69, 9.17) is 9.47 Å². The second-order valence-corrected chi connectivity index (χ2v) is 7.96. The van der Waals surface area contributed by atoms with Crippen molar-refractivity contribution in [2.75, 3.05) is 19.8 Å². The fourth-order valence-corrected chi connectivity index (χ4v) is 4.66. The Morgan fingerprint density at radius 3 is 2.70 bits per heavy atom. The van der Waals surface area contributed by atoms with Gasteiger partial charge in [0.2, 0.25) is 0 Å². The second kappa shape index (κ2) is 7.33. The van der Waals surface area contributed by atoms with E-state index >= 15 is 0 Å². The lowest BCUT2D eigenvalue weighted by Gasteiger charge is -2.26. The maximum absolute atomic E-state index is 5.78. The van der Waals surface area contributed by atoms with E-state index in [1.807, 2.05) is 11.6 Å². The first-order chi connectivity index (χ1) is 13.4. The lowest BCUT2D eigenvalue weighted by molar-refractivity contribution is 0.170. The summed E-state index contributed by atoms with van der Waals surface area (Å²) in [6.07, 6.45) is 4.28. The van der Waals surface area contributed by atoms with Gasteiger partial charge < -0.3 is 9.47 Å². The summed E-state index contributed by atoms with van der Waals surface area (Å²) in [5.74, 6) is 1.76. The third kappa shape index (κ3) is 3.45. The SMILES string of the molecule is c1csc(-c2ccc(CN3CCC[C@@H]3c3ccc4c(c3)OCCO4)cc2)n1. The quantitative estimate of drug-likeness (QED) is 0.645. The van der Waals surface area contributed by atoms with Crippen molar-refractivity contribution < 1.29 is 9.47 Å². The van der Waals surface area contributed by atoms with Gasteiger partial charge in [-0.3, -0.25) is 4.90 Å². The van der Waals surface area contributed by atoms with Crippen molar-refractivity contribution in [3.05, 3.63) is 65.2 Å². The Morgan fingerprint density at radius 2 is 1.89 bits per heavy atom. The number of nitrogens with zero attached hydrogens (tertiary/aromatic N) is 2. The summed E-state index contributed by atoms with van der Waals surface area (Å²) < 4.78 is 11.4. The molecule has 2 aromatic carbocycles. The number of thiazole rings is 1. The summed E-state index contributed by atoms with van der Waals surface area (Å²) in [5, 5.41) is 3.10. The van der Waals surface area contributed by atoms with E-state index in [2.05, 4.69) is 52.3 Å². The Labute approximate surface area is 163 Å². The molecule has 0 aliphatic carbocycles. The molecule has 1 fully saturated rings. The Balaban J connectivity index is 1.33. The van der Waals surface area contributed by atoms with Crippen LogP contribution in [0.2, 0.25) is 0 Å². The summed E-state index contributed by atoms with van der Waals surface area (Å²) in [6.45, 7) is 3.37. The van der Waals surface area contributed by atoms with Crippen molar-refractivity contribution in [2.45, 2.75) is 25.4 Å². The average molecular weight is 378 g/mol. The van der Waals surface area contributed by atoms with Gasteiger partial charge in [0.25, 0.3) is 0 Å². The summed E-state index contributed by atoms with van der Waals surface area (Å²) >= 11 is 1.68. The van der Waals surface area contributed by atoms with Crippen molar-refractivity contribution in [3.8, 4) is 22.1 Å². The van der Waals surface area contributed by atoms with Crippen LogP contribution >= 0.6 is 11.3 Å². The van der Waals surface area contributed by atoms with E-state index in [1.165, 1.54) is 29.5 Å². The molecule has 2 aliphatic heterocycles. The van der Waals surface area contributed by atoms with Gasteiger partial charge >= 0.3 is 0 Å². The van der Waals surface area contributed by atoms with Gasteiger partial charge in [0, 0.05) is 29.7 Å². The summed E-state index contributed by atoms with van der Waals surface area (Å²) in [5.41, 5.74) is 3.87. The van der Waals surface area contributed by atoms with Crippen LogP contribution in [0.5, 0.6) is 11.5 Å². The van der Waals surface area contributed by atoms with Crippen molar-refractivity contribution in [2.24, 2.45) is 0 Å². The van der Waals surface area contributed by atoms with Gasteiger partial charge in [-0.05, 0) is 42.6 Å². The monoisotopic (exact) mass is 378 g/mol. The third-order valence-electron chi connectivity index (χ3n) is 5.33. The fraction of sp³-hybridized carbons (Fsp3) is 0.318. The standard InChI is InChI=1S/C22H22N2O2S/c1-2-19(18-7-8-20-21(14-18)26-12-11-25-20)24(10-1)15-16-3-5-17(6-4-16)22-23-9-13-27-22/h3-9,13-14,19H,1-2,10-12,15H2/t19-/m1/s1. The maximum Gasteiger partial charge on any atom is 0.161 e. The molecule has 5 heteroatoms. The zero-order valence-corrected chi connectivity index (χ0v) is 16.0. The summed E-state index contributed by atoms with van der Waals surface area (Å²) in [7, 11) is 0. The zero-order valence-electron chi connectivity index (χ0n) is 15.1. The number of aromatic nitrogens is 1. The first-order valence-electron chi connectivity index (χ1n) is 9.49. The van der Waals surface area contributed by atoms with Crippen LogP contribution in [-0.2, 0) is 6.54 Å². The van der Waals surface area contributed by atoms with Gasteiger partial charge in [-0.15, -0.1) is 11.3 Å². The lowest BCUT2D eigenvalue weighted by atomic mass is 10.0. The number of fused-ring (bicyclic) bond motifs is 1. The molecule has 1 saturated heterocycles. The summed E-state index contributed by atoms with van der Waals surface area (Å²) in [6, 6.07) is 15.7. The number of rotatable bonds is 4. The average Bonchev–Trinajstić information content (AvgIpc) is 3.40. The van der Waals surface area contributed by atoms with Crippen molar-refractivity contribution in [1.82, 2.24) is 9.88 Å². The van der Waals surface area contributed by atoms with Gasteiger partial charge in [0.15, 0.2) is 11.5 Å². The van der Waals surface area contributed by atoms with Gasteiger partial charge in [0.05, 0.1) is 0 Å². The minimum Gasteiger partial charge on any atom is -0.486 e. The molecule has 138 valence electrons. The zero-order chi connectivity index (χ0) is 18.1. The topological polar surface area (TPSA) is 34.6 Å². The van der Waals surface area contributed by atoms with Gasteiger partial charge in [-0.25, -0.2) is 4.98 Å². The Hall–Kier alpha value is -2.37. The van der Waals surface area contributed by atoms with Crippen molar-refractivity contribution in [3.63, 3.8) is 0 Å². The molecule has 3 heterocycles. The van der Waals surface area contributed by atoms with E-state index < -0.39 is 0 Å². The molecule has 4 nitrogen and oxygen atoms in total. The molecular formula is C22H22N2O2S. The van der Waals surface area contributed by atoms with Crippen molar-refractivity contribution in [1.29, 1.82) is 0 Å². The number of likely N-dealkylation sites (tertiary alicyclic amines) is 1. The molecule has 0 unspecified atom stereocenters. The Kier molecular flexibility index (Phi) is 4.56. The van der Waals surface area contributed by atoms with Gasteiger partial charge in [-0.1, -0.05) is 30.3 Å². The van der Waals surface area contributed by atoms with Crippen LogP contribution in [0.1, 0.15) is 30.0 Å². The predicted octanol–water partition coefficient (Wildman–Crippen LogP) is 4.92. The maximum atomic E-state index is 5.78. The van der Waals surface area contributed by atoms with Gasteiger partial charge in [0.1, 0.15) is 18.2 Å². The highest BCUT2D eigenvalue weighted by molar-refractivity contribution is 7.13. The highest BCUT2D eigenvalue weighted by atomic mass is 32.1. The van der Waals surface area contributed by atoms with Crippen LogP contribution in [0.15, 0.2) is 54.0 Å². The molecule has 0 spiro atoms. The number of ether oxygens (including phenoxy) is 2. The normalized spacial score (nSPS) is 19.3.